The van der Waals surface area contributed by atoms with Gasteiger partial charge in [0.1, 0.15) is 23.6 Å². The highest BCUT2D eigenvalue weighted by atomic mass is 35.5. The zero-order chi connectivity index (χ0) is 13.8. The summed E-state index contributed by atoms with van der Waals surface area (Å²) < 4.78 is 5.56. The van der Waals surface area contributed by atoms with Crippen LogP contribution >= 0.6 is 23.2 Å². The number of hydrogen-bond acceptors (Lipinski definition) is 3. The Balaban J connectivity index is 2.37. The molecule has 0 N–H and O–H groups in total. The van der Waals surface area contributed by atoms with Crippen LogP contribution in [-0.4, -0.2) is 0 Å². The molecule has 0 fully saturated rings. The largest absolute Gasteiger partial charge is 0.456 e. The molecule has 0 aliphatic rings. The number of nitrogens with zero attached hydrogens (tertiary/aromatic N) is 2. The summed E-state index contributed by atoms with van der Waals surface area (Å²) in [6.45, 7) is 0. The van der Waals surface area contributed by atoms with Gasteiger partial charge in [0.2, 0.25) is 0 Å². The first-order valence-corrected chi connectivity index (χ1v) is 5.97. The van der Waals surface area contributed by atoms with Crippen LogP contribution in [0.3, 0.4) is 0 Å². The average Bonchev–Trinajstić information content (AvgIpc) is 2.42. The molecule has 2 aromatic rings. The third-order valence-electron chi connectivity index (χ3n) is 2.35. The van der Waals surface area contributed by atoms with Gasteiger partial charge in [-0.1, -0.05) is 23.2 Å². The van der Waals surface area contributed by atoms with Crippen molar-refractivity contribution in [1.29, 1.82) is 10.5 Å². The number of nitriles is 2. The maximum atomic E-state index is 8.93. The second kappa shape index (κ2) is 5.63. The number of rotatable bonds is 2. The van der Waals surface area contributed by atoms with Gasteiger partial charge in [0.25, 0.3) is 0 Å². The Labute approximate surface area is 120 Å². The predicted molar refractivity (Wildman–Crippen MR) is 72.4 cm³/mol. The van der Waals surface area contributed by atoms with Crippen molar-refractivity contribution in [2.75, 3.05) is 0 Å². The van der Waals surface area contributed by atoms with E-state index < -0.39 is 0 Å². The first kappa shape index (κ1) is 13.2. The Hall–Kier alpha value is -2.20. The summed E-state index contributed by atoms with van der Waals surface area (Å²) in [5.74, 6) is 0.808. The lowest BCUT2D eigenvalue weighted by Gasteiger charge is -2.08. The summed E-state index contributed by atoms with van der Waals surface area (Å²) in [7, 11) is 0. The molecule has 0 aliphatic heterocycles. The fourth-order valence-corrected chi connectivity index (χ4v) is 1.78. The van der Waals surface area contributed by atoms with E-state index in [0.29, 0.717) is 27.1 Å². The molecule has 0 amide bonds. The highest BCUT2D eigenvalue weighted by Crippen LogP contribution is 2.32. The van der Waals surface area contributed by atoms with Crippen LogP contribution in [0, 0.1) is 22.7 Å². The summed E-state index contributed by atoms with van der Waals surface area (Å²) in [6, 6.07) is 13.3. The second-order valence-corrected chi connectivity index (χ2v) is 4.45. The van der Waals surface area contributed by atoms with Gasteiger partial charge in [-0.2, -0.15) is 10.5 Å². The first-order chi connectivity index (χ1) is 9.13. The monoisotopic (exact) mass is 288 g/mol. The molecule has 0 bridgehead atoms. The minimum atomic E-state index is 0.248. The molecule has 0 aromatic heterocycles. The first-order valence-electron chi connectivity index (χ1n) is 5.21. The lowest BCUT2D eigenvalue weighted by atomic mass is 10.1. The van der Waals surface area contributed by atoms with Crippen LogP contribution in [-0.2, 0) is 0 Å². The van der Waals surface area contributed by atoms with Crippen molar-refractivity contribution in [3.05, 3.63) is 57.6 Å². The summed E-state index contributed by atoms with van der Waals surface area (Å²) in [5.41, 5.74) is 0.546. The molecule has 0 aliphatic carbocycles. The van der Waals surface area contributed by atoms with Gasteiger partial charge in [-0.05, 0) is 30.3 Å². The highest BCUT2D eigenvalue weighted by molar-refractivity contribution is 6.34. The van der Waals surface area contributed by atoms with Crippen LogP contribution in [0.2, 0.25) is 10.0 Å². The molecule has 19 heavy (non-hydrogen) atoms. The van der Waals surface area contributed by atoms with Crippen molar-refractivity contribution in [3.8, 4) is 23.6 Å². The maximum Gasteiger partial charge on any atom is 0.147 e. The van der Waals surface area contributed by atoms with E-state index in [9.17, 15) is 0 Å². The van der Waals surface area contributed by atoms with Crippen LogP contribution in [0.15, 0.2) is 36.4 Å². The zero-order valence-electron chi connectivity index (χ0n) is 9.52. The molecule has 0 atom stereocenters. The minimum Gasteiger partial charge on any atom is -0.456 e. The lowest BCUT2D eigenvalue weighted by molar-refractivity contribution is 0.483. The van der Waals surface area contributed by atoms with Crippen molar-refractivity contribution >= 4 is 23.2 Å². The fourth-order valence-electron chi connectivity index (χ4n) is 1.46. The SMILES string of the molecule is N#Cc1ccc(Oc2cc(Cl)ccc2Cl)cc1C#N. The van der Waals surface area contributed by atoms with E-state index in [2.05, 4.69) is 0 Å². The fraction of sp³-hybridized carbons (Fsp3) is 0. The maximum absolute atomic E-state index is 8.93. The number of ether oxygens (including phenoxy) is 1. The van der Waals surface area contributed by atoms with E-state index in [4.69, 9.17) is 38.5 Å². The number of hydrogen-bond donors (Lipinski definition) is 0. The molecule has 2 rings (SSSR count). The van der Waals surface area contributed by atoms with E-state index in [-0.39, 0.29) is 5.56 Å². The molecular weight excluding hydrogens is 283 g/mol. The third kappa shape index (κ3) is 2.98. The number of benzene rings is 2. The second-order valence-electron chi connectivity index (χ2n) is 3.61. The van der Waals surface area contributed by atoms with Crippen LogP contribution in [0.1, 0.15) is 11.1 Å². The standard InChI is InChI=1S/C14H6Cl2N2O/c15-11-2-4-13(16)14(6-11)19-12-3-1-9(7-17)10(5-12)8-18/h1-6H. The van der Waals surface area contributed by atoms with Gasteiger partial charge < -0.3 is 4.74 Å². The third-order valence-corrected chi connectivity index (χ3v) is 2.90. The Morgan fingerprint density at radius 3 is 2.32 bits per heavy atom. The lowest BCUT2D eigenvalue weighted by Crippen LogP contribution is -1.89. The molecule has 0 spiro atoms. The summed E-state index contributed by atoms with van der Waals surface area (Å²) in [5, 5.41) is 18.7. The predicted octanol–water partition coefficient (Wildman–Crippen LogP) is 4.53. The average molecular weight is 289 g/mol. The molecule has 0 unspecified atom stereocenters. The van der Waals surface area contributed by atoms with E-state index in [1.54, 1.807) is 24.3 Å². The Kier molecular flexibility index (Phi) is 3.92. The van der Waals surface area contributed by atoms with E-state index >= 15 is 0 Å². The Morgan fingerprint density at radius 2 is 1.63 bits per heavy atom. The van der Waals surface area contributed by atoms with Gasteiger partial charge in [0.05, 0.1) is 16.1 Å². The van der Waals surface area contributed by atoms with Crippen molar-refractivity contribution in [2.45, 2.75) is 0 Å². The zero-order valence-corrected chi connectivity index (χ0v) is 11.0. The topological polar surface area (TPSA) is 56.8 Å². The molecule has 3 nitrogen and oxygen atoms in total. The summed E-state index contributed by atoms with van der Waals surface area (Å²) in [4.78, 5) is 0. The molecule has 0 radical (unpaired) electrons. The molecular formula is C14H6Cl2N2O. The quantitative estimate of drug-likeness (QED) is 0.816. The molecule has 0 heterocycles. The van der Waals surface area contributed by atoms with Crippen molar-refractivity contribution in [3.63, 3.8) is 0 Å². The van der Waals surface area contributed by atoms with Gasteiger partial charge >= 0.3 is 0 Å². The van der Waals surface area contributed by atoms with Crippen molar-refractivity contribution < 1.29 is 4.74 Å². The van der Waals surface area contributed by atoms with Crippen LogP contribution in [0.25, 0.3) is 0 Å². The highest BCUT2D eigenvalue weighted by Gasteiger charge is 2.07. The van der Waals surface area contributed by atoms with Crippen LogP contribution in [0.4, 0.5) is 0 Å². The van der Waals surface area contributed by atoms with Gasteiger partial charge in [0, 0.05) is 11.1 Å². The van der Waals surface area contributed by atoms with E-state index in [1.165, 1.54) is 12.1 Å². The molecule has 0 saturated heterocycles. The van der Waals surface area contributed by atoms with Gasteiger partial charge in [-0.15, -0.1) is 0 Å². The Morgan fingerprint density at radius 1 is 0.895 bits per heavy atom. The van der Waals surface area contributed by atoms with Crippen LogP contribution < -0.4 is 4.74 Å². The number of halogens is 2. The van der Waals surface area contributed by atoms with Crippen molar-refractivity contribution in [2.24, 2.45) is 0 Å². The summed E-state index contributed by atoms with van der Waals surface area (Å²) >= 11 is 11.8. The Bertz CT molecular complexity index is 714. The van der Waals surface area contributed by atoms with Gasteiger partial charge in [-0.25, -0.2) is 0 Å². The normalized spacial score (nSPS) is 9.47. The van der Waals surface area contributed by atoms with Gasteiger partial charge in [0.15, 0.2) is 0 Å². The summed E-state index contributed by atoms with van der Waals surface area (Å²) in [6.07, 6.45) is 0. The molecule has 2 aromatic carbocycles. The van der Waals surface area contributed by atoms with E-state index in [0.717, 1.165) is 0 Å². The molecule has 5 heteroatoms. The van der Waals surface area contributed by atoms with Gasteiger partial charge in [-0.3, -0.25) is 0 Å². The molecule has 92 valence electrons. The van der Waals surface area contributed by atoms with Crippen molar-refractivity contribution in [1.82, 2.24) is 0 Å². The van der Waals surface area contributed by atoms with E-state index in [1.807, 2.05) is 12.1 Å². The van der Waals surface area contributed by atoms with Crippen LogP contribution in [0.5, 0.6) is 11.5 Å². The molecule has 0 saturated carbocycles. The minimum absolute atomic E-state index is 0.248. The smallest absolute Gasteiger partial charge is 0.147 e.